The molecule has 0 spiro atoms. The van der Waals surface area contributed by atoms with E-state index in [2.05, 4.69) is 83.8 Å². The first-order valence-electron chi connectivity index (χ1n) is 14.8. The molecule has 0 aliphatic rings. The maximum absolute atomic E-state index is 2.36. The normalized spacial score (nSPS) is 12.0. The largest absolute Gasteiger partial charge is 0.331 e. The summed E-state index contributed by atoms with van der Waals surface area (Å²) in [5, 5.41) is 0. The Kier molecular flexibility index (Phi) is 27.6. The van der Waals surface area contributed by atoms with E-state index in [4.69, 9.17) is 0 Å². The van der Waals surface area contributed by atoms with E-state index in [0.29, 0.717) is 0 Å². The zero-order valence-corrected chi connectivity index (χ0v) is 27.0. The minimum Gasteiger partial charge on any atom is -0.331 e. The summed E-state index contributed by atoms with van der Waals surface area (Å²) in [6.45, 7) is 16.5. The van der Waals surface area contributed by atoms with Crippen molar-refractivity contribution < 1.29 is 8.97 Å². The number of rotatable bonds is 18. The zero-order chi connectivity index (χ0) is 26.2. The van der Waals surface area contributed by atoms with Crippen LogP contribution in [0.15, 0.2) is 0 Å². The van der Waals surface area contributed by atoms with Crippen molar-refractivity contribution in [2.75, 3.05) is 80.0 Å². The van der Waals surface area contributed by atoms with E-state index in [0.717, 1.165) is 8.97 Å². The lowest BCUT2D eigenvalue weighted by Gasteiger charge is -2.28. The van der Waals surface area contributed by atoms with E-state index in [9.17, 15) is 0 Å². The molecule has 0 aliphatic carbocycles. The molecule has 0 bridgehead atoms. The Morgan fingerprint density at radius 3 is 0.697 bits per heavy atom. The predicted molar refractivity (Wildman–Crippen MR) is 162 cm³/mol. The van der Waals surface area contributed by atoms with Crippen molar-refractivity contribution in [3.8, 4) is 0 Å². The Balaban J connectivity index is -0.000000468. The first-order chi connectivity index (χ1) is 15.4. The van der Waals surface area contributed by atoms with E-state index in [1.54, 1.807) is 24.6 Å². The molecule has 0 N–H and O–H groups in total. The molecule has 0 radical (unpaired) electrons. The van der Waals surface area contributed by atoms with Crippen LogP contribution in [0.2, 0.25) is 0 Å². The lowest BCUT2D eigenvalue weighted by molar-refractivity contribution is -0.870. The van der Waals surface area contributed by atoms with Gasteiger partial charge in [0.15, 0.2) is 0 Å². The minimum atomic E-state index is -0.562. The van der Waals surface area contributed by atoms with Gasteiger partial charge in [0.25, 0.3) is 0 Å². The Hall–Kier alpha value is 0.350. The van der Waals surface area contributed by atoms with Crippen LogP contribution in [0, 0.1) is 0 Å². The molecule has 0 atom stereocenters. The zero-order valence-electron chi connectivity index (χ0n) is 26.1. The Morgan fingerprint density at radius 2 is 0.576 bits per heavy atom. The van der Waals surface area contributed by atoms with Crippen LogP contribution < -0.4 is 0 Å². The highest BCUT2D eigenvalue weighted by Gasteiger charge is 2.34. The van der Waals surface area contributed by atoms with Crippen LogP contribution in [-0.4, -0.2) is 89.0 Å². The Bertz CT molecular complexity index is 313. The van der Waals surface area contributed by atoms with Crippen molar-refractivity contribution in [1.29, 1.82) is 0 Å². The van der Waals surface area contributed by atoms with Crippen molar-refractivity contribution in [2.45, 2.75) is 119 Å². The highest BCUT2D eigenvalue weighted by Crippen LogP contribution is 2.61. The first-order valence-corrected chi connectivity index (χ1v) is 17.4. The fourth-order valence-electron chi connectivity index (χ4n) is 3.91. The van der Waals surface area contributed by atoms with Crippen LogP contribution >= 0.6 is 7.26 Å². The third kappa shape index (κ3) is 32.4. The lowest BCUT2D eigenvalue weighted by atomic mass is 10.3. The van der Waals surface area contributed by atoms with Crippen LogP contribution in [0.4, 0.5) is 0 Å². The number of unbranched alkanes of at least 4 members (excludes halogenated alkanes) is 6. The Labute approximate surface area is 214 Å². The minimum absolute atomic E-state index is 0.562. The topological polar surface area (TPSA) is 0 Å². The molecule has 0 aromatic rings. The molecule has 0 fully saturated rings. The highest BCUT2D eigenvalue weighted by molar-refractivity contribution is 7.75. The van der Waals surface area contributed by atoms with Gasteiger partial charge in [-0.15, -0.1) is 0 Å². The molecular formula is C30H72N2P+3. The fourth-order valence-corrected chi connectivity index (χ4v) is 9.20. The molecule has 0 amide bonds. The molecule has 33 heavy (non-hydrogen) atoms. The molecule has 0 heterocycles. The molecule has 0 aliphatic heterocycles. The molecule has 0 unspecified atom stereocenters. The summed E-state index contributed by atoms with van der Waals surface area (Å²) < 4.78 is 2.21. The van der Waals surface area contributed by atoms with E-state index >= 15 is 0 Å². The van der Waals surface area contributed by atoms with Crippen LogP contribution in [0.3, 0.4) is 0 Å². The van der Waals surface area contributed by atoms with Gasteiger partial charge < -0.3 is 8.97 Å². The molecular weight excluding hydrogens is 419 g/mol. The van der Waals surface area contributed by atoms with Crippen LogP contribution in [0.5, 0.6) is 0 Å². The smallest absolute Gasteiger partial charge is 0.0780 e. The summed E-state index contributed by atoms with van der Waals surface area (Å²) in [5.74, 6) is 0. The summed E-state index contributed by atoms with van der Waals surface area (Å²) in [6, 6.07) is 0. The van der Waals surface area contributed by atoms with Crippen molar-refractivity contribution in [3.63, 3.8) is 0 Å². The van der Waals surface area contributed by atoms with Crippen LogP contribution in [-0.2, 0) is 0 Å². The van der Waals surface area contributed by atoms with Gasteiger partial charge in [-0.2, -0.15) is 0 Å². The van der Waals surface area contributed by atoms with Gasteiger partial charge >= 0.3 is 0 Å². The van der Waals surface area contributed by atoms with Crippen molar-refractivity contribution >= 4 is 7.26 Å². The lowest BCUT2D eigenvalue weighted by Crippen LogP contribution is -2.35. The Morgan fingerprint density at radius 1 is 0.364 bits per heavy atom. The van der Waals surface area contributed by atoms with Gasteiger partial charge in [-0.05, 0) is 38.5 Å². The summed E-state index contributed by atoms with van der Waals surface area (Å²) in [5.41, 5.74) is 0. The predicted octanol–water partition coefficient (Wildman–Crippen LogP) is 9.19. The highest BCUT2D eigenvalue weighted by atomic mass is 31.2. The number of hydrogen-bond acceptors (Lipinski definition) is 0. The molecule has 0 saturated carbocycles. The van der Waals surface area contributed by atoms with Gasteiger partial charge in [-0.3, -0.25) is 0 Å². The summed E-state index contributed by atoms with van der Waals surface area (Å²) in [7, 11) is 12.8. The SMILES string of the molecule is CCCC[N+](C)(C)C.CCCC[N+](C)(C)C.CCCC[P+](CCCC)(CCCC)CCCC. The monoisotopic (exact) mass is 492 g/mol. The van der Waals surface area contributed by atoms with Gasteiger partial charge in [0.2, 0.25) is 0 Å². The fraction of sp³-hybridized carbons (Fsp3) is 1.00. The standard InChI is InChI=1S/C16H36P.2C7H18N/c1-5-9-13-17(14-10-6-2,15-11-7-3)16-12-8-4;2*1-5-6-7-8(2,3)4/h5-16H2,1-4H3;2*5-7H2,1-4H3/q3*+1. The second kappa shape index (κ2) is 24.1. The summed E-state index contributed by atoms with van der Waals surface area (Å²) in [4.78, 5) is 0. The average molecular weight is 492 g/mol. The molecule has 0 aromatic heterocycles. The van der Waals surface area contributed by atoms with Gasteiger partial charge in [-0.1, -0.05) is 80.1 Å². The van der Waals surface area contributed by atoms with Gasteiger partial charge in [0.05, 0.1) is 80.0 Å². The number of quaternary nitrogens is 2. The quantitative estimate of drug-likeness (QED) is 0.132. The molecule has 0 aromatic carbocycles. The van der Waals surface area contributed by atoms with E-state index in [1.165, 1.54) is 90.1 Å². The molecule has 2 nitrogen and oxygen atoms in total. The molecule has 204 valence electrons. The van der Waals surface area contributed by atoms with E-state index < -0.39 is 7.26 Å². The average Bonchev–Trinajstić information content (AvgIpc) is 2.75. The summed E-state index contributed by atoms with van der Waals surface area (Å²) >= 11 is 0. The number of nitrogens with zero attached hydrogens (tertiary/aromatic N) is 2. The maximum atomic E-state index is 2.36. The first kappa shape index (κ1) is 37.9. The molecule has 3 heteroatoms. The maximum Gasteiger partial charge on any atom is 0.0780 e. The van der Waals surface area contributed by atoms with Crippen LogP contribution in [0.25, 0.3) is 0 Å². The van der Waals surface area contributed by atoms with Crippen molar-refractivity contribution in [3.05, 3.63) is 0 Å². The molecule has 0 saturated heterocycles. The van der Waals surface area contributed by atoms with E-state index in [1.807, 2.05) is 0 Å². The second-order valence-corrected chi connectivity index (χ2v) is 16.9. The second-order valence-electron chi connectivity index (χ2n) is 12.4. The van der Waals surface area contributed by atoms with Crippen LogP contribution in [0.1, 0.15) is 119 Å². The van der Waals surface area contributed by atoms with Crippen molar-refractivity contribution in [1.82, 2.24) is 0 Å². The summed E-state index contributed by atoms with van der Waals surface area (Å²) in [6.07, 6.45) is 23.3. The molecule has 0 rings (SSSR count). The number of hydrogen-bond donors (Lipinski definition) is 0. The third-order valence-corrected chi connectivity index (χ3v) is 11.4. The van der Waals surface area contributed by atoms with Crippen molar-refractivity contribution in [2.24, 2.45) is 0 Å². The van der Waals surface area contributed by atoms with Gasteiger partial charge in [-0.25, -0.2) is 0 Å². The van der Waals surface area contributed by atoms with Gasteiger partial charge in [0, 0.05) is 7.26 Å². The third-order valence-electron chi connectivity index (χ3n) is 6.31. The van der Waals surface area contributed by atoms with E-state index in [-0.39, 0.29) is 0 Å². The van der Waals surface area contributed by atoms with Gasteiger partial charge in [0.1, 0.15) is 0 Å².